The van der Waals surface area contributed by atoms with Crippen molar-refractivity contribution in [2.24, 2.45) is 0 Å². The number of rotatable bonds is 4. The predicted molar refractivity (Wildman–Crippen MR) is 99.4 cm³/mol. The van der Waals surface area contributed by atoms with E-state index in [1.165, 1.54) is 18.2 Å². The molecule has 0 spiro atoms. The number of aromatic carboxylic acids is 1. The molecule has 0 radical (unpaired) electrons. The van der Waals surface area contributed by atoms with Gasteiger partial charge in [0.1, 0.15) is 5.69 Å². The van der Waals surface area contributed by atoms with Crippen molar-refractivity contribution in [1.29, 1.82) is 0 Å². The molecule has 1 aromatic heterocycles. The second-order valence-electron chi connectivity index (χ2n) is 5.22. The van der Waals surface area contributed by atoms with Crippen LogP contribution in [0.4, 0.5) is 5.69 Å². The fraction of sp³-hybridized carbons (Fsp3) is 0. The number of para-hydroxylation sites is 1. The number of amides is 1. The summed E-state index contributed by atoms with van der Waals surface area (Å²) in [4.78, 5) is 26.3. The molecule has 0 fully saturated rings. The highest BCUT2D eigenvalue weighted by molar-refractivity contribution is 6.39. The van der Waals surface area contributed by atoms with Gasteiger partial charge in [-0.3, -0.25) is 4.79 Å². The molecule has 0 aliphatic rings. The third kappa shape index (κ3) is 3.68. The zero-order valence-corrected chi connectivity index (χ0v) is 14.2. The number of fused-ring (bicyclic) bond motifs is 1. The van der Waals surface area contributed by atoms with Gasteiger partial charge in [0, 0.05) is 33.3 Å². The van der Waals surface area contributed by atoms with Crippen LogP contribution in [0.15, 0.2) is 48.5 Å². The first kappa shape index (κ1) is 17.1. The van der Waals surface area contributed by atoms with Crippen molar-refractivity contribution < 1.29 is 14.7 Å². The van der Waals surface area contributed by atoms with Crippen molar-refractivity contribution in [2.45, 2.75) is 0 Å². The number of carboxylic acids is 1. The minimum absolute atomic E-state index is 0.0667. The molecule has 3 rings (SSSR count). The maximum Gasteiger partial charge on any atom is 0.352 e. The molecule has 0 atom stereocenters. The van der Waals surface area contributed by atoms with E-state index in [2.05, 4.69) is 10.3 Å². The Morgan fingerprint density at radius 2 is 1.84 bits per heavy atom. The zero-order valence-electron chi connectivity index (χ0n) is 12.7. The minimum atomic E-state index is -1.16. The van der Waals surface area contributed by atoms with Gasteiger partial charge in [-0.2, -0.15) is 0 Å². The molecule has 7 heteroatoms. The summed E-state index contributed by atoms with van der Waals surface area (Å²) in [6.45, 7) is 0. The summed E-state index contributed by atoms with van der Waals surface area (Å²) in [7, 11) is 0. The number of halogens is 2. The van der Waals surface area contributed by atoms with E-state index in [-0.39, 0.29) is 11.6 Å². The Labute approximate surface area is 152 Å². The first-order valence-electron chi connectivity index (χ1n) is 7.24. The number of hydrogen-bond donors (Lipinski definition) is 3. The number of carboxylic acid groups (broad SMARTS) is 1. The summed E-state index contributed by atoms with van der Waals surface area (Å²) in [6.07, 6.45) is 2.67. The lowest BCUT2D eigenvalue weighted by molar-refractivity contribution is -0.111. The summed E-state index contributed by atoms with van der Waals surface area (Å²) >= 11 is 12.1. The van der Waals surface area contributed by atoms with E-state index < -0.39 is 5.97 Å². The van der Waals surface area contributed by atoms with Crippen molar-refractivity contribution in [3.63, 3.8) is 0 Å². The topological polar surface area (TPSA) is 82.2 Å². The Morgan fingerprint density at radius 1 is 1.12 bits per heavy atom. The van der Waals surface area contributed by atoms with E-state index in [4.69, 9.17) is 23.2 Å². The van der Waals surface area contributed by atoms with E-state index in [0.29, 0.717) is 32.2 Å². The van der Waals surface area contributed by atoms with Crippen molar-refractivity contribution in [1.82, 2.24) is 4.98 Å². The van der Waals surface area contributed by atoms with Gasteiger partial charge in [-0.05, 0) is 30.3 Å². The van der Waals surface area contributed by atoms with Crippen molar-refractivity contribution in [3.05, 3.63) is 69.8 Å². The lowest BCUT2D eigenvalue weighted by Crippen LogP contribution is -2.07. The molecule has 2 aromatic carbocycles. The van der Waals surface area contributed by atoms with E-state index in [1.807, 2.05) is 6.07 Å². The first-order chi connectivity index (χ1) is 12.0. The van der Waals surface area contributed by atoms with Crippen molar-refractivity contribution in [3.8, 4) is 0 Å². The van der Waals surface area contributed by atoms with Crippen LogP contribution in [0.25, 0.3) is 17.0 Å². The molecule has 25 heavy (non-hydrogen) atoms. The normalized spacial score (nSPS) is 11.1. The second-order valence-corrected chi connectivity index (χ2v) is 6.06. The standard InChI is InChI=1S/C18H12Cl2N2O3/c19-10-8-13(20)16-12(17(18(24)25)22-14(16)9-10)6-7-15(23)21-11-4-2-1-3-5-11/h1-9,22H,(H,21,23)(H,24,25)/b7-6-. The Morgan fingerprint density at radius 3 is 2.52 bits per heavy atom. The lowest BCUT2D eigenvalue weighted by atomic mass is 10.1. The molecule has 0 bridgehead atoms. The number of aromatic nitrogens is 1. The van der Waals surface area contributed by atoms with Crippen LogP contribution in [0.2, 0.25) is 10.0 Å². The average Bonchev–Trinajstić information content (AvgIpc) is 2.93. The molecule has 5 nitrogen and oxygen atoms in total. The van der Waals surface area contributed by atoms with Gasteiger partial charge < -0.3 is 15.4 Å². The van der Waals surface area contributed by atoms with E-state index >= 15 is 0 Å². The van der Waals surface area contributed by atoms with Crippen LogP contribution in [0.1, 0.15) is 16.1 Å². The summed E-state index contributed by atoms with van der Waals surface area (Å²) in [6, 6.07) is 12.0. The molecule has 0 saturated heterocycles. The van der Waals surface area contributed by atoms with Gasteiger partial charge >= 0.3 is 5.97 Å². The third-order valence-corrected chi connectivity index (χ3v) is 4.03. The molecule has 0 aliphatic heterocycles. The number of hydrogen-bond acceptors (Lipinski definition) is 2. The first-order valence-corrected chi connectivity index (χ1v) is 7.99. The number of H-pyrrole nitrogens is 1. The van der Waals surface area contributed by atoms with Gasteiger partial charge in [-0.1, -0.05) is 41.4 Å². The average molecular weight is 375 g/mol. The molecule has 1 amide bonds. The third-order valence-electron chi connectivity index (χ3n) is 3.51. The smallest absolute Gasteiger partial charge is 0.352 e. The Kier molecular flexibility index (Phi) is 4.79. The number of nitrogens with one attached hydrogen (secondary N) is 2. The van der Waals surface area contributed by atoms with Gasteiger partial charge in [-0.25, -0.2) is 4.79 Å². The number of benzene rings is 2. The fourth-order valence-electron chi connectivity index (χ4n) is 2.47. The number of anilines is 1. The van der Waals surface area contributed by atoms with Gasteiger partial charge in [-0.15, -0.1) is 0 Å². The highest BCUT2D eigenvalue weighted by Crippen LogP contribution is 2.33. The quantitative estimate of drug-likeness (QED) is 0.572. The monoisotopic (exact) mass is 374 g/mol. The van der Waals surface area contributed by atoms with Crippen LogP contribution in [-0.4, -0.2) is 22.0 Å². The molecule has 0 saturated carbocycles. The molecule has 0 unspecified atom stereocenters. The molecular weight excluding hydrogens is 363 g/mol. The summed E-state index contributed by atoms with van der Waals surface area (Å²) in [5.74, 6) is -1.55. The predicted octanol–water partition coefficient (Wildman–Crippen LogP) is 4.82. The van der Waals surface area contributed by atoms with Crippen molar-refractivity contribution >= 4 is 57.7 Å². The molecule has 126 valence electrons. The molecular formula is C18H12Cl2N2O3. The van der Waals surface area contributed by atoms with Gasteiger partial charge in [0.05, 0.1) is 5.02 Å². The maximum absolute atomic E-state index is 12.1. The maximum atomic E-state index is 12.1. The van der Waals surface area contributed by atoms with Crippen molar-refractivity contribution in [2.75, 3.05) is 5.32 Å². The number of carbonyl (C=O) groups excluding carboxylic acids is 1. The number of carbonyl (C=O) groups is 2. The van der Waals surface area contributed by atoms with Gasteiger partial charge in [0.25, 0.3) is 0 Å². The molecule has 3 N–H and O–H groups in total. The zero-order chi connectivity index (χ0) is 18.0. The number of aromatic amines is 1. The summed E-state index contributed by atoms with van der Waals surface area (Å²) in [5, 5.41) is 13.2. The second kappa shape index (κ2) is 7.01. The Hall–Kier alpha value is -2.76. The minimum Gasteiger partial charge on any atom is -0.477 e. The highest BCUT2D eigenvalue weighted by Gasteiger charge is 2.18. The van der Waals surface area contributed by atoms with Gasteiger partial charge in [0.15, 0.2) is 0 Å². The highest BCUT2D eigenvalue weighted by atomic mass is 35.5. The van der Waals surface area contributed by atoms with Crippen LogP contribution < -0.4 is 5.32 Å². The molecule has 0 aliphatic carbocycles. The fourth-order valence-corrected chi connectivity index (χ4v) is 3.07. The SMILES string of the molecule is O=C(/C=C\c1c(C(=O)O)[nH]c2cc(Cl)cc(Cl)c12)Nc1ccccc1. The van der Waals surface area contributed by atoms with E-state index in [1.54, 1.807) is 30.3 Å². The van der Waals surface area contributed by atoms with Crippen LogP contribution in [0.3, 0.4) is 0 Å². The summed E-state index contributed by atoms with van der Waals surface area (Å²) in [5.41, 5.74) is 1.37. The molecule has 1 heterocycles. The molecule has 3 aromatic rings. The lowest BCUT2D eigenvalue weighted by Gasteiger charge is -2.01. The van der Waals surface area contributed by atoms with Crippen LogP contribution >= 0.6 is 23.2 Å². The Bertz CT molecular complexity index is 994. The van der Waals surface area contributed by atoms with E-state index in [0.717, 1.165) is 0 Å². The summed E-state index contributed by atoms with van der Waals surface area (Å²) < 4.78 is 0. The van der Waals surface area contributed by atoms with E-state index in [9.17, 15) is 14.7 Å². The van der Waals surface area contributed by atoms with Crippen LogP contribution in [0, 0.1) is 0 Å². The largest absolute Gasteiger partial charge is 0.477 e. The van der Waals surface area contributed by atoms with Gasteiger partial charge in [0.2, 0.25) is 5.91 Å². The van der Waals surface area contributed by atoms with Crippen LogP contribution in [-0.2, 0) is 4.79 Å². The van der Waals surface area contributed by atoms with Crippen LogP contribution in [0.5, 0.6) is 0 Å². The Balaban J connectivity index is 1.98.